The average Bonchev–Trinajstić information content (AvgIpc) is 2.54. The Morgan fingerprint density at radius 3 is 2.48 bits per heavy atom. The fourth-order valence-corrected chi connectivity index (χ4v) is 2.38. The van der Waals surface area contributed by atoms with Gasteiger partial charge in [0.2, 0.25) is 0 Å². The van der Waals surface area contributed by atoms with Crippen molar-refractivity contribution in [3.8, 4) is 0 Å². The van der Waals surface area contributed by atoms with Crippen LogP contribution in [-0.4, -0.2) is 19.3 Å². The summed E-state index contributed by atoms with van der Waals surface area (Å²) in [5.41, 5.74) is 3.44. The Labute approximate surface area is 125 Å². The Morgan fingerprint density at radius 1 is 1.00 bits per heavy atom. The summed E-state index contributed by atoms with van der Waals surface area (Å²) in [7, 11) is 0. The predicted molar refractivity (Wildman–Crippen MR) is 80.8 cm³/mol. The largest absolute Gasteiger partial charge is 0.369 e. The minimum absolute atomic E-state index is 0.00809. The van der Waals surface area contributed by atoms with Gasteiger partial charge < -0.3 is 14.2 Å². The summed E-state index contributed by atoms with van der Waals surface area (Å²) in [5, 5.41) is 0. The Hall–Kier alpha value is -1.68. The highest BCUT2D eigenvalue weighted by Crippen LogP contribution is 2.24. The molecule has 1 aliphatic heterocycles. The van der Waals surface area contributed by atoms with Crippen LogP contribution in [-0.2, 0) is 20.8 Å². The maximum absolute atomic E-state index is 5.83. The van der Waals surface area contributed by atoms with Gasteiger partial charge in [0, 0.05) is 5.56 Å². The maximum atomic E-state index is 5.83. The van der Waals surface area contributed by atoms with Gasteiger partial charge in [0.1, 0.15) is 6.10 Å². The molecule has 0 aliphatic carbocycles. The molecule has 0 amide bonds. The van der Waals surface area contributed by atoms with Gasteiger partial charge in [-0.05, 0) is 12.5 Å². The van der Waals surface area contributed by atoms with E-state index in [1.807, 2.05) is 30.3 Å². The molecule has 1 heterocycles. The van der Waals surface area contributed by atoms with E-state index >= 15 is 0 Å². The van der Waals surface area contributed by atoms with Crippen molar-refractivity contribution in [3.63, 3.8) is 0 Å². The van der Waals surface area contributed by atoms with E-state index in [4.69, 9.17) is 14.2 Å². The van der Waals surface area contributed by atoms with Crippen molar-refractivity contribution in [2.75, 3.05) is 13.2 Å². The summed E-state index contributed by atoms with van der Waals surface area (Å²) in [4.78, 5) is 0. The number of aryl methyl sites for hydroxylation is 1. The monoisotopic (exact) mass is 284 g/mol. The Balaban J connectivity index is 1.49. The summed E-state index contributed by atoms with van der Waals surface area (Å²) in [5.74, 6) is 0. The van der Waals surface area contributed by atoms with Crippen LogP contribution < -0.4 is 0 Å². The third-order valence-electron chi connectivity index (χ3n) is 3.51. The van der Waals surface area contributed by atoms with Crippen LogP contribution in [0.2, 0.25) is 0 Å². The van der Waals surface area contributed by atoms with Crippen molar-refractivity contribution >= 4 is 0 Å². The van der Waals surface area contributed by atoms with Crippen molar-refractivity contribution in [2.45, 2.75) is 25.9 Å². The molecule has 0 spiro atoms. The molecule has 0 radical (unpaired) electrons. The number of rotatable bonds is 4. The van der Waals surface area contributed by atoms with Crippen molar-refractivity contribution in [1.82, 2.24) is 0 Å². The van der Waals surface area contributed by atoms with Crippen molar-refractivity contribution in [1.29, 1.82) is 0 Å². The van der Waals surface area contributed by atoms with Gasteiger partial charge in [-0.15, -0.1) is 0 Å². The lowest BCUT2D eigenvalue weighted by Gasteiger charge is -2.29. The van der Waals surface area contributed by atoms with Gasteiger partial charge in [0.25, 0.3) is 0 Å². The van der Waals surface area contributed by atoms with Crippen LogP contribution in [0.4, 0.5) is 0 Å². The van der Waals surface area contributed by atoms with Gasteiger partial charge in [-0.25, -0.2) is 0 Å². The first-order valence-corrected chi connectivity index (χ1v) is 7.26. The normalized spacial score (nSPS) is 22.1. The second-order valence-corrected chi connectivity index (χ2v) is 5.33. The van der Waals surface area contributed by atoms with Gasteiger partial charge in [-0.1, -0.05) is 60.2 Å². The van der Waals surface area contributed by atoms with Gasteiger partial charge in [-0.2, -0.15) is 0 Å². The summed E-state index contributed by atoms with van der Waals surface area (Å²) in [6, 6.07) is 18.4. The first-order chi connectivity index (χ1) is 10.3. The van der Waals surface area contributed by atoms with E-state index in [2.05, 4.69) is 31.2 Å². The molecule has 0 bridgehead atoms. The lowest BCUT2D eigenvalue weighted by atomic mass is 10.1. The summed E-state index contributed by atoms with van der Waals surface area (Å²) < 4.78 is 17.4. The molecule has 0 atom stereocenters. The lowest BCUT2D eigenvalue weighted by Crippen LogP contribution is -2.33. The molecular formula is C18H20O3. The number of ether oxygens (including phenoxy) is 3. The molecule has 1 fully saturated rings. The van der Waals surface area contributed by atoms with E-state index < -0.39 is 0 Å². The molecule has 110 valence electrons. The molecule has 0 N–H and O–H groups in total. The van der Waals surface area contributed by atoms with Crippen molar-refractivity contribution < 1.29 is 14.2 Å². The molecule has 3 heteroatoms. The highest BCUT2D eigenvalue weighted by atomic mass is 16.7. The fourth-order valence-electron chi connectivity index (χ4n) is 2.38. The average molecular weight is 284 g/mol. The molecule has 3 rings (SSSR count). The smallest absolute Gasteiger partial charge is 0.184 e. The number of hydrogen-bond acceptors (Lipinski definition) is 3. The SMILES string of the molecule is Cc1cccc([C@H]2OC[C@@H](OCc3ccccc3)CO2)c1. The standard InChI is InChI=1S/C18H20O3/c1-14-6-5-9-16(10-14)18-20-12-17(13-21-18)19-11-15-7-3-2-4-8-15/h2-10,17-18H,11-13H2,1H3/t17-,18+. The zero-order valence-electron chi connectivity index (χ0n) is 12.2. The Morgan fingerprint density at radius 2 is 1.76 bits per heavy atom. The molecule has 2 aromatic rings. The highest BCUT2D eigenvalue weighted by Gasteiger charge is 2.24. The Kier molecular flexibility index (Phi) is 4.65. The van der Waals surface area contributed by atoms with Crippen LogP contribution in [0.5, 0.6) is 0 Å². The summed E-state index contributed by atoms with van der Waals surface area (Å²) >= 11 is 0. The topological polar surface area (TPSA) is 27.7 Å². The van der Waals surface area contributed by atoms with Crippen LogP contribution >= 0.6 is 0 Å². The third-order valence-corrected chi connectivity index (χ3v) is 3.51. The Bertz CT molecular complexity index is 560. The van der Waals surface area contributed by atoms with Crippen LogP contribution in [0.3, 0.4) is 0 Å². The summed E-state index contributed by atoms with van der Waals surface area (Å²) in [6.45, 7) is 3.78. The van der Waals surface area contributed by atoms with E-state index in [9.17, 15) is 0 Å². The minimum Gasteiger partial charge on any atom is -0.369 e. The van der Waals surface area contributed by atoms with Crippen LogP contribution in [0, 0.1) is 6.92 Å². The zero-order chi connectivity index (χ0) is 14.5. The number of benzene rings is 2. The molecule has 1 saturated heterocycles. The predicted octanol–water partition coefficient (Wildman–Crippen LogP) is 3.63. The number of hydrogen-bond donors (Lipinski definition) is 0. The van der Waals surface area contributed by atoms with E-state index in [1.165, 1.54) is 11.1 Å². The van der Waals surface area contributed by atoms with Gasteiger partial charge in [0.05, 0.1) is 19.8 Å². The summed E-state index contributed by atoms with van der Waals surface area (Å²) in [6.07, 6.45) is -0.284. The second-order valence-electron chi connectivity index (χ2n) is 5.33. The molecule has 0 unspecified atom stereocenters. The quantitative estimate of drug-likeness (QED) is 0.858. The van der Waals surface area contributed by atoms with Crippen LogP contribution in [0.1, 0.15) is 23.0 Å². The highest BCUT2D eigenvalue weighted by molar-refractivity contribution is 5.23. The van der Waals surface area contributed by atoms with E-state index in [0.717, 1.165) is 5.56 Å². The molecule has 0 aromatic heterocycles. The first-order valence-electron chi connectivity index (χ1n) is 7.26. The van der Waals surface area contributed by atoms with Gasteiger partial charge in [0.15, 0.2) is 6.29 Å². The zero-order valence-corrected chi connectivity index (χ0v) is 12.2. The maximum Gasteiger partial charge on any atom is 0.184 e. The molecule has 21 heavy (non-hydrogen) atoms. The fraction of sp³-hybridized carbons (Fsp3) is 0.333. The second kappa shape index (κ2) is 6.85. The van der Waals surface area contributed by atoms with Crippen molar-refractivity contribution in [2.24, 2.45) is 0 Å². The molecular weight excluding hydrogens is 264 g/mol. The van der Waals surface area contributed by atoms with E-state index in [-0.39, 0.29) is 12.4 Å². The molecule has 3 nitrogen and oxygen atoms in total. The van der Waals surface area contributed by atoms with Crippen LogP contribution in [0.25, 0.3) is 0 Å². The van der Waals surface area contributed by atoms with Crippen molar-refractivity contribution in [3.05, 3.63) is 71.3 Å². The molecule has 1 aliphatic rings. The van der Waals surface area contributed by atoms with E-state index in [1.54, 1.807) is 0 Å². The van der Waals surface area contributed by atoms with E-state index in [0.29, 0.717) is 19.8 Å². The first kappa shape index (κ1) is 14.3. The molecule has 2 aromatic carbocycles. The van der Waals surface area contributed by atoms with Gasteiger partial charge in [-0.3, -0.25) is 0 Å². The van der Waals surface area contributed by atoms with Gasteiger partial charge >= 0.3 is 0 Å². The molecule has 0 saturated carbocycles. The lowest BCUT2D eigenvalue weighted by molar-refractivity contribution is -0.232. The minimum atomic E-state index is -0.276. The third kappa shape index (κ3) is 3.91. The van der Waals surface area contributed by atoms with Crippen LogP contribution in [0.15, 0.2) is 54.6 Å².